The minimum absolute atomic E-state index is 0.00180. The number of piperidine rings is 1. The number of nitrogens with zero attached hydrogens (tertiary/aromatic N) is 1. The molecule has 2 aromatic carbocycles. The lowest BCUT2D eigenvalue weighted by Gasteiger charge is -2.26. The molecule has 0 radical (unpaired) electrons. The number of carbonyl (C=O) groups is 1. The van der Waals surface area contributed by atoms with Gasteiger partial charge in [-0.1, -0.05) is 55.3 Å². The molecule has 1 atom stereocenters. The van der Waals surface area contributed by atoms with Gasteiger partial charge in [-0.3, -0.25) is 9.69 Å². The minimum atomic E-state index is 0.00180. The Bertz CT molecular complexity index is 700. The van der Waals surface area contributed by atoms with E-state index in [2.05, 4.69) is 60.5 Å². The van der Waals surface area contributed by atoms with Gasteiger partial charge in [0.25, 0.3) is 5.91 Å². The van der Waals surface area contributed by atoms with E-state index in [1.807, 2.05) is 12.1 Å². The van der Waals surface area contributed by atoms with Crippen LogP contribution in [0.25, 0.3) is 0 Å². The third-order valence-electron chi connectivity index (χ3n) is 5.26. The zero-order valence-corrected chi connectivity index (χ0v) is 16.0. The zero-order valence-electron chi connectivity index (χ0n) is 16.0. The molecule has 0 aromatic heterocycles. The summed E-state index contributed by atoms with van der Waals surface area (Å²) in [5.74, 6) is 0.00180. The standard InChI is InChI=1S/C23H30N2O/c1-3-22(20-11-7-18(2)8-12-20)24-23(26)21-13-9-19(10-14-21)17-25-15-5-4-6-16-25/h7-14,22H,3-6,15-17H2,1-2H3,(H,24,26)/t22-/m0/s1. The van der Waals surface area contributed by atoms with Crippen molar-refractivity contribution in [3.05, 3.63) is 70.8 Å². The molecule has 26 heavy (non-hydrogen) atoms. The van der Waals surface area contributed by atoms with Crippen LogP contribution in [0.1, 0.15) is 65.7 Å². The lowest BCUT2D eigenvalue weighted by Crippen LogP contribution is -2.29. The maximum atomic E-state index is 12.6. The normalized spacial score (nSPS) is 16.2. The van der Waals surface area contributed by atoms with Gasteiger partial charge in [-0.15, -0.1) is 0 Å². The predicted molar refractivity (Wildman–Crippen MR) is 107 cm³/mol. The van der Waals surface area contributed by atoms with Crippen molar-refractivity contribution in [3.63, 3.8) is 0 Å². The highest BCUT2D eigenvalue weighted by Gasteiger charge is 2.15. The smallest absolute Gasteiger partial charge is 0.251 e. The highest BCUT2D eigenvalue weighted by atomic mass is 16.1. The summed E-state index contributed by atoms with van der Waals surface area (Å²) in [4.78, 5) is 15.1. The van der Waals surface area contributed by atoms with Crippen molar-refractivity contribution >= 4 is 5.91 Å². The first-order chi connectivity index (χ1) is 12.7. The first-order valence-electron chi connectivity index (χ1n) is 9.84. The van der Waals surface area contributed by atoms with Crippen LogP contribution in [0.5, 0.6) is 0 Å². The summed E-state index contributed by atoms with van der Waals surface area (Å²) in [6.07, 6.45) is 4.84. The van der Waals surface area contributed by atoms with Crippen molar-refractivity contribution in [2.24, 2.45) is 0 Å². The van der Waals surface area contributed by atoms with E-state index >= 15 is 0 Å². The average molecular weight is 351 g/mol. The fourth-order valence-electron chi connectivity index (χ4n) is 3.60. The molecule has 3 rings (SSSR count). The van der Waals surface area contributed by atoms with E-state index in [0.717, 1.165) is 24.1 Å². The predicted octanol–water partition coefficient (Wildman–Crippen LogP) is 4.86. The minimum Gasteiger partial charge on any atom is -0.345 e. The molecule has 3 heteroatoms. The van der Waals surface area contributed by atoms with Gasteiger partial charge in [-0.2, -0.15) is 0 Å². The monoisotopic (exact) mass is 350 g/mol. The third-order valence-corrected chi connectivity index (χ3v) is 5.26. The molecule has 0 saturated carbocycles. The Morgan fingerprint density at radius 2 is 1.65 bits per heavy atom. The number of carbonyl (C=O) groups excluding carboxylic acids is 1. The van der Waals surface area contributed by atoms with E-state index in [1.54, 1.807) is 0 Å². The second-order valence-electron chi connectivity index (χ2n) is 7.38. The van der Waals surface area contributed by atoms with Gasteiger partial charge in [-0.05, 0) is 62.5 Å². The topological polar surface area (TPSA) is 32.3 Å². The molecule has 1 N–H and O–H groups in total. The van der Waals surface area contributed by atoms with E-state index in [-0.39, 0.29) is 11.9 Å². The summed E-state index contributed by atoms with van der Waals surface area (Å²) in [6, 6.07) is 16.5. The summed E-state index contributed by atoms with van der Waals surface area (Å²) < 4.78 is 0. The van der Waals surface area contributed by atoms with Crippen LogP contribution in [0.15, 0.2) is 48.5 Å². The van der Waals surface area contributed by atoms with Crippen LogP contribution in [-0.2, 0) is 6.54 Å². The maximum absolute atomic E-state index is 12.6. The molecule has 3 nitrogen and oxygen atoms in total. The molecule has 138 valence electrons. The van der Waals surface area contributed by atoms with Gasteiger partial charge in [0.1, 0.15) is 0 Å². The van der Waals surface area contributed by atoms with Gasteiger partial charge in [0.15, 0.2) is 0 Å². The van der Waals surface area contributed by atoms with Crippen LogP contribution in [-0.4, -0.2) is 23.9 Å². The molecule has 1 fully saturated rings. The molecule has 1 saturated heterocycles. The Hall–Kier alpha value is -2.13. The Kier molecular flexibility index (Phi) is 6.45. The molecule has 1 aliphatic rings. The quantitative estimate of drug-likeness (QED) is 0.807. The summed E-state index contributed by atoms with van der Waals surface area (Å²) in [5, 5.41) is 3.17. The van der Waals surface area contributed by atoms with Crippen molar-refractivity contribution in [1.82, 2.24) is 10.2 Å². The van der Waals surface area contributed by atoms with Gasteiger partial charge in [0.2, 0.25) is 0 Å². The van der Waals surface area contributed by atoms with Crippen molar-refractivity contribution in [2.45, 2.75) is 52.1 Å². The number of nitrogens with one attached hydrogen (secondary N) is 1. The van der Waals surface area contributed by atoms with E-state index < -0.39 is 0 Å². The Morgan fingerprint density at radius 3 is 2.27 bits per heavy atom. The zero-order chi connectivity index (χ0) is 18.4. The van der Waals surface area contributed by atoms with Gasteiger partial charge >= 0.3 is 0 Å². The molecule has 1 heterocycles. The fraction of sp³-hybridized carbons (Fsp3) is 0.435. The largest absolute Gasteiger partial charge is 0.345 e. The van der Waals surface area contributed by atoms with Gasteiger partial charge in [0, 0.05) is 12.1 Å². The van der Waals surface area contributed by atoms with E-state index in [0.29, 0.717) is 0 Å². The summed E-state index contributed by atoms with van der Waals surface area (Å²) in [6.45, 7) is 7.55. The lowest BCUT2D eigenvalue weighted by molar-refractivity contribution is 0.0935. The molecule has 0 aliphatic carbocycles. The Labute approximate surface area is 157 Å². The molecule has 1 aliphatic heterocycles. The molecular weight excluding hydrogens is 320 g/mol. The molecule has 1 amide bonds. The van der Waals surface area contributed by atoms with Crippen molar-refractivity contribution < 1.29 is 4.79 Å². The van der Waals surface area contributed by atoms with E-state index in [1.165, 1.54) is 43.5 Å². The Morgan fingerprint density at radius 1 is 1.00 bits per heavy atom. The second-order valence-corrected chi connectivity index (χ2v) is 7.38. The number of amides is 1. The van der Waals surface area contributed by atoms with Crippen LogP contribution in [0, 0.1) is 6.92 Å². The number of likely N-dealkylation sites (tertiary alicyclic amines) is 1. The molecular formula is C23H30N2O. The molecule has 0 bridgehead atoms. The highest BCUT2D eigenvalue weighted by molar-refractivity contribution is 5.94. The first-order valence-corrected chi connectivity index (χ1v) is 9.84. The number of aryl methyl sites for hydroxylation is 1. The van der Waals surface area contributed by atoms with Crippen LogP contribution >= 0.6 is 0 Å². The van der Waals surface area contributed by atoms with Crippen LogP contribution in [0.3, 0.4) is 0 Å². The van der Waals surface area contributed by atoms with Gasteiger partial charge in [0.05, 0.1) is 6.04 Å². The highest BCUT2D eigenvalue weighted by Crippen LogP contribution is 2.18. The first kappa shape index (κ1) is 18.7. The van der Waals surface area contributed by atoms with Gasteiger partial charge < -0.3 is 5.32 Å². The van der Waals surface area contributed by atoms with Crippen LogP contribution in [0.2, 0.25) is 0 Å². The maximum Gasteiger partial charge on any atom is 0.251 e. The fourth-order valence-corrected chi connectivity index (χ4v) is 3.60. The van der Waals surface area contributed by atoms with Crippen LogP contribution in [0.4, 0.5) is 0 Å². The summed E-state index contributed by atoms with van der Waals surface area (Å²) >= 11 is 0. The number of rotatable bonds is 6. The second kappa shape index (κ2) is 9.00. The average Bonchev–Trinajstić information content (AvgIpc) is 2.68. The SMILES string of the molecule is CC[C@H](NC(=O)c1ccc(CN2CCCCC2)cc1)c1ccc(C)cc1. The third kappa shape index (κ3) is 4.95. The van der Waals surface area contributed by atoms with Crippen molar-refractivity contribution in [2.75, 3.05) is 13.1 Å². The van der Waals surface area contributed by atoms with Crippen molar-refractivity contribution in [3.8, 4) is 0 Å². The van der Waals surface area contributed by atoms with Gasteiger partial charge in [-0.25, -0.2) is 0 Å². The van der Waals surface area contributed by atoms with E-state index in [4.69, 9.17) is 0 Å². The van der Waals surface area contributed by atoms with Crippen molar-refractivity contribution in [1.29, 1.82) is 0 Å². The molecule has 0 unspecified atom stereocenters. The lowest BCUT2D eigenvalue weighted by atomic mass is 10.0. The van der Waals surface area contributed by atoms with Crippen LogP contribution < -0.4 is 5.32 Å². The molecule has 2 aromatic rings. The summed E-state index contributed by atoms with van der Waals surface area (Å²) in [7, 11) is 0. The summed E-state index contributed by atoms with van der Waals surface area (Å²) in [5.41, 5.74) is 4.42. The Balaban J connectivity index is 1.60. The number of hydrogen-bond donors (Lipinski definition) is 1. The van der Waals surface area contributed by atoms with E-state index in [9.17, 15) is 4.79 Å². The molecule has 0 spiro atoms. The number of benzene rings is 2. The number of hydrogen-bond acceptors (Lipinski definition) is 2.